The van der Waals surface area contributed by atoms with Crippen LogP contribution in [0, 0.1) is 5.82 Å². The lowest BCUT2D eigenvalue weighted by Gasteiger charge is -2.16. The molecule has 2 aromatic rings. The monoisotopic (exact) mass is 272 g/mol. The fourth-order valence-electron chi connectivity index (χ4n) is 2.08. The molecule has 0 saturated carbocycles. The largest absolute Gasteiger partial charge is 0.378 e. The predicted octanol–water partition coefficient (Wildman–Crippen LogP) is 3.74. The minimum Gasteiger partial charge on any atom is -0.378 e. The number of anilines is 1. The van der Waals surface area contributed by atoms with Gasteiger partial charge < -0.3 is 10.2 Å². The number of benzene rings is 2. The van der Waals surface area contributed by atoms with Crippen molar-refractivity contribution >= 4 is 5.69 Å². The molecule has 0 aliphatic rings. The Kier molecular flexibility index (Phi) is 4.74. The second-order valence-electron chi connectivity index (χ2n) is 5.22. The summed E-state index contributed by atoms with van der Waals surface area (Å²) in [5.74, 6) is -0.188. The summed E-state index contributed by atoms with van der Waals surface area (Å²) in [7, 11) is 4.05. The minimum atomic E-state index is -0.188. The Labute approximate surface area is 120 Å². The molecule has 2 nitrogen and oxygen atoms in total. The molecule has 0 radical (unpaired) electrons. The molecule has 0 aliphatic heterocycles. The molecule has 0 heterocycles. The van der Waals surface area contributed by atoms with Crippen molar-refractivity contribution in [3.63, 3.8) is 0 Å². The molecule has 1 N–H and O–H groups in total. The van der Waals surface area contributed by atoms with E-state index < -0.39 is 0 Å². The van der Waals surface area contributed by atoms with Crippen LogP contribution in [0.3, 0.4) is 0 Å². The van der Waals surface area contributed by atoms with Gasteiger partial charge in [0, 0.05) is 32.4 Å². The van der Waals surface area contributed by atoms with Gasteiger partial charge in [-0.1, -0.05) is 24.3 Å². The highest BCUT2D eigenvalue weighted by Gasteiger charge is 2.05. The summed E-state index contributed by atoms with van der Waals surface area (Å²) in [5, 5.41) is 3.41. The van der Waals surface area contributed by atoms with Crippen LogP contribution in [0.1, 0.15) is 24.1 Å². The van der Waals surface area contributed by atoms with Gasteiger partial charge in [0.2, 0.25) is 0 Å². The first-order chi connectivity index (χ1) is 9.56. The first-order valence-electron chi connectivity index (χ1n) is 6.81. The van der Waals surface area contributed by atoms with E-state index in [2.05, 4.69) is 34.5 Å². The SMILES string of the molecule is C[C@H](NCc1ccc(N(C)C)cc1)c1cccc(F)c1. The zero-order valence-electron chi connectivity index (χ0n) is 12.2. The van der Waals surface area contributed by atoms with Crippen molar-refractivity contribution in [2.24, 2.45) is 0 Å². The van der Waals surface area contributed by atoms with E-state index in [-0.39, 0.29) is 11.9 Å². The highest BCUT2D eigenvalue weighted by Crippen LogP contribution is 2.16. The molecule has 20 heavy (non-hydrogen) atoms. The number of nitrogens with one attached hydrogen (secondary N) is 1. The van der Waals surface area contributed by atoms with Crippen LogP contribution in [-0.4, -0.2) is 14.1 Å². The van der Waals surface area contributed by atoms with Gasteiger partial charge in [-0.2, -0.15) is 0 Å². The Bertz CT molecular complexity index is 549. The molecule has 3 heteroatoms. The van der Waals surface area contributed by atoms with E-state index in [1.54, 1.807) is 12.1 Å². The van der Waals surface area contributed by atoms with Crippen molar-refractivity contribution in [3.05, 3.63) is 65.5 Å². The molecule has 0 saturated heterocycles. The van der Waals surface area contributed by atoms with Crippen molar-refractivity contribution in [2.45, 2.75) is 19.5 Å². The standard InChI is InChI=1S/C17H21FN2/c1-13(15-5-4-6-16(18)11-15)19-12-14-7-9-17(10-8-14)20(2)3/h4-11,13,19H,12H2,1-3H3/t13-/m0/s1. The summed E-state index contributed by atoms with van der Waals surface area (Å²) in [4.78, 5) is 2.08. The average molecular weight is 272 g/mol. The number of hydrogen-bond acceptors (Lipinski definition) is 2. The molecule has 0 bridgehead atoms. The van der Waals surface area contributed by atoms with Gasteiger partial charge in [-0.15, -0.1) is 0 Å². The van der Waals surface area contributed by atoms with Crippen molar-refractivity contribution in [2.75, 3.05) is 19.0 Å². The molecular weight excluding hydrogens is 251 g/mol. The summed E-state index contributed by atoms with van der Waals surface area (Å²) >= 11 is 0. The van der Waals surface area contributed by atoms with Gasteiger partial charge in [0.1, 0.15) is 5.82 Å². The zero-order valence-corrected chi connectivity index (χ0v) is 12.2. The van der Waals surface area contributed by atoms with E-state index in [9.17, 15) is 4.39 Å². The lowest BCUT2D eigenvalue weighted by atomic mass is 10.1. The smallest absolute Gasteiger partial charge is 0.123 e. The molecule has 0 amide bonds. The van der Waals surface area contributed by atoms with Gasteiger partial charge in [0.25, 0.3) is 0 Å². The fourth-order valence-corrected chi connectivity index (χ4v) is 2.08. The average Bonchev–Trinajstić information content (AvgIpc) is 2.45. The molecule has 0 aromatic heterocycles. The molecule has 2 rings (SSSR count). The van der Waals surface area contributed by atoms with Crippen molar-refractivity contribution in [3.8, 4) is 0 Å². The Morgan fingerprint density at radius 2 is 1.80 bits per heavy atom. The number of halogens is 1. The number of nitrogens with zero attached hydrogens (tertiary/aromatic N) is 1. The maximum atomic E-state index is 13.2. The van der Waals surface area contributed by atoms with E-state index in [4.69, 9.17) is 0 Å². The summed E-state index contributed by atoms with van der Waals surface area (Å²) in [6.45, 7) is 2.81. The van der Waals surface area contributed by atoms with Crippen molar-refractivity contribution < 1.29 is 4.39 Å². The normalized spacial score (nSPS) is 12.2. The molecule has 0 fully saturated rings. The van der Waals surface area contributed by atoms with E-state index >= 15 is 0 Å². The zero-order chi connectivity index (χ0) is 14.5. The molecule has 1 atom stereocenters. The second-order valence-corrected chi connectivity index (χ2v) is 5.22. The molecular formula is C17H21FN2. The Balaban J connectivity index is 1.94. The van der Waals surface area contributed by atoms with Crippen LogP contribution in [0.2, 0.25) is 0 Å². The van der Waals surface area contributed by atoms with E-state index in [1.807, 2.05) is 27.1 Å². The predicted molar refractivity (Wildman–Crippen MR) is 82.4 cm³/mol. The number of hydrogen-bond donors (Lipinski definition) is 1. The Hall–Kier alpha value is -1.87. The van der Waals surface area contributed by atoms with Gasteiger partial charge in [0.15, 0.2) is 0 Å². The summed E-state index contributed by atoms with van der Waals surface area (Å²) in [6, 6.07) is 15.3. The van der Waals surface area contributed by atoms with Gasteiger partial charge in [-0.25, -0.2) is 4.39 Å². The quantitative estimate of drug-likeness (QED) is 0.892. The maximum Gasteiger partial charge on any atom is 0.123 e. The molecule has 0 unspecified atom stereocenters. The summed E-state index contributed by atoms with van der Waals surface area (Å²) in [6.07, 6.45) is 0. The van der Waals surface area contributed by atoms with Crippen molar-refractivity contribution in [1.82, 2.24) is 5.32 Å². The molecule has 0 spiro atoms. The lowest BCUT2D eigenvalue weighted by molar-refractivity contribution is 0.565. The van der Waals surface area contributed by atoms with Gasteiger partial charge in [0.05, 0.1) is 0 Å². The fraction of sp³-hybridized carbons (Fsp3) is 0.294. The third-order valence-electron chi connectivity index (χ3n) is 3.41. The first-order valence-corrected chi connectivity index (χ1v) is 6.81. The topological polar surface area (TPSA) is 15.3 Å². The van der Waals surface area contributed by atoms with Crippen LogP contribution in [0.4, 0.5) is 10.1 Å². The maximum absolute atomic E-state index is 13.2. The highest BCUT2D eigenvalue weighted by molar-refractivity contribution is 5.45. The minimum absolute atomic E-state index is 0.124. The lowest BCUT2D eigenvalue weighted by Crippen LogP contribution is -2.18. The van der Waals surface area contributed by atoms with Crippen LogP contribution in [0.25, 0.3) is 0 Å². The highest BCUT2D eigenvalue weighted by atomic mass is 19.1. The molecule has 106 valence electrons. The molecule has 0 aliphatic carbocycles. The third-order valence-corrected chi connectivity index (χ3v) is 3.41. The number of rotatable bonds is 5. The van der Waals surface area contributed by atoms with E-state index in [0.717, 1.165) is 12.1 Å². The van der Waals surface area contributed by atoms with Crippen LogP contribution in [-0.2, 0) is 6.54 Å². The third kappa shape index (κ3) is 3.81. The summed E-state index contributed by atoms with van der Waals surface area (Å²) < 4.78 is 13.2. The molecule has 2 aromatic carbocycles. The van der Waals surface area contributed by atoms with E-state index in [0.29, 0.717) is 0 Å². The van der Waals surface area contributed by atoms with Gasteiger partial charge in [-0.3, -0.25) is 0 Å². The van der Waals surface area contributed by atoms with Gasteiger partial charge >= 0.3 is 0 Å². The van der Waals surface area contributed by atoms with Crippen molar-refractivity contribution in [1.29, 1.82) is 0 Å². The summed E-state index contributed by atoms with van der Waals surface area (Å²) in [5.41, 5.74) is 3.38. The first kappa shape index (κ1) is 14.5. The van der Waals surface area contributed by atoms with Gasteiger partial charge in [-0.05, 0) is 42.3 Å². The second kappa shape index (κ2) is 6.53. The van der Waals surface area contributed by atoms with Crippen LogP contribution in [0.15, 0.2) is 48.5 Å². The Morgan fingerprint density at radius 3 is 2.40 bits per heavy atom. The van der Waals surface area contributed by atoms with Crippen LogP contribution in [0.5, 0.6) is 0 Å². The van der Waals surface area contributed by atoms with Crippen LogP contribution >= 0.6 is 0 Å². The van der Waals surface area contributed by atoms with E-state index in [1.165, 1.54) is 17.3 Å². The Morgan fingerprint density at radius 1 is 1.10 bits per heavy atom. The van der Waals surface area contributed by atoms with Crippen LogP contribution < -0.4 is 10.2 Å².